The van der Waals surface area contributed by atoms with Crippen LogP contribution in [0.4, 0.5) is 0 Å². The number of likely N-dealkylation sites (N-methyl/N-ethyl adjacent to an activating group) is 1. The van der Waals surface area contributed by atoms with Crippen molar-refractivity contribution in [2.24, 2.45) is 5.92 Å². The molecule has 2 amide bonds. The lowest BCUT2D eigenvalue weighted by Gasteiger charge is -2.36. The molecule has 1 saturated carbocycles. The fraction of sp³-hybridized carbons (Fsp3) is 0.684. The monoisotopic (exact) mass is 360 g/mol. The number of amides is 2. The highest BCUT2D eigenvalue weighted by Gasteiger charge is 2.28. The first-order valence-electron chi connectivity index (χ1n) is 9.47. The second kappa shape index (κ2) is 7.60. The quantitative estimate of drug-likeness (QED) is 0.811. The maximum atomic E-state index is 12.7. The zero-order chi connectivity index (χ0) is 18.8. The highest BCUT2D eigenvalue weighted by molar-refractivity contribution is 5.76. The first kappa shape index (κ1) is 18.6. The first-order chi connectivity index (χ1) is 12.4. The van der Waals surface area contributed by atoms with E-state index in [0.717, 1.165) is 19.3 Å². The summed E-state index contributed by atoms with van der Waals surface area (Å²) < 4.78 is 1.41. The number of hydrogen-bond acceptors (Lipinski definition) is 4. The summed E-state index contributed by atoms with van der Waals surface area (Å²) in [7, 11) is 1.84. The number of rotatable bonds is 3. The second-order valence-corrected chi connectivity index (χ2v) is 7.63. The summed E-state index contributed by atoms with van der Waals surface area (Å²) in [5.74, 6) is 0.433. The van der Waals surface area contributed by atoms with Crippen molar-refractivity contribution >= 4 is 11.8 Å². The van der Waals surface area contributed by atoms with Crippen LogP contribution in [0.3, 0.4) is 0 Å². The summed E-state index contributed by atoms with van der Waals surface area (Å²) in [5, 5.41) is 0. The highest BCUT2D eigenvalue weighted by Crippen LogP contribution is 2.27. The van der Waals surface area contributed by atoms with Gasteiger partial charge in [0.05, 0.1) is 18.6 Å². The molecule has 0 unspecified atom stereocenters. The third-order valence-corrected chi connectivity index (χ3v) is 5.90. The van der Waals surface area contributed by atoms with E-state index in [1.54, 1.807) is 4.90 Å². The van der Waals surface area contributed by atoms with E-state index in [1.807, 2.05) is 11.9 Å². The summed E-state index contributed by atoms with van der Waals surface area (Å²) in [6.07, 6.45) is 6.49. The summed E-state index contributed by atoms with van der Waals surface area (Å²) in [6.45, 7) is 4.63. The van der Waals surface area contributed by atoms with Gasteiger partial charge in [0, 0.05) is 32.1 Å². The minimum atomic E-state index is -0.156. The van der Waals surface area contributed by atoms with E-state index in [-0.39, 0.29) is 30.0 Å². The smallest absolute Gasteiger partial charge is 0.257 e. The van der Waals surface area contributed by atoms with Crippen LogP contribution in [0.2, 0.25) is 0 Å². The number of carbonyl (C=O) groups excluding carboxylic acids is 2. The second-order valence-electron chi connectivity index (χ2n) is 7.63. The molecule has 1 aliphatic carbocycles. The molecule has 0 N–H and O–H groups in total. The number of nitrogens with zero attached hydrogens (tertiary/aromatic N) is 4. The van der Waals surface area contributed by atoms with Crippen LogP contribution in [0, 0.1) is 5.92 Å². The van der Waals surface area contributed by atoms with Crippen molar-refractivity contribution < 1.29 is 9.59 Å². The van der Waals surface area contributed by atoms with Crippen LogP contribution in [-0.4, -0.2) is 50.8 Å². The zero-order valence-corrected chi connectivity index (χ0v) is 15.9. The number of hydrogen-bond donors (Lipinski definition) is 0. The van der Waals surface area contributed by atoms with Gasteiger partial charge in [-0.05, 0) is 25.2 Å². The SMILES string of the molecule is CC(=O)N1CCc2c(ncn(CC(=O)N(C)[C@H]3CCCC[C@@H]3C)c2=O)C1. The molecule has 7 nitrogen and oxygen atoms in total. The van der Waals surface area contributed by atoms with Crippen molar-refractivity contribution in [1.82, 2.24) is 19.4 Å². The van der Waals surface area contributed by atoms with E-state index in [2.05, 4.69) is 11.9 Å². The van der Waals surface area contributed by atoms with Gasteiger partial charge in [0.25, 0.3) is 5.56 Å². The van der Waals surface area contributed by atoms with Crippen molar-refractivity contribution in [3.63, 3.8) is 0 Å². The fourth-order valence-electron chi connectivity index (χ4n) is 4.16. The van der Waals surface area contributed by atoms with Crippen LogP contribution in [0.5, 0.6) is 0 Å². The van der Waals surface area contributed by atoms with Gasteiger partial charge in [-0.25, -0.2) is 4.98 Å². The van der Waals surface area contributed by atoms with Crippen LogP contribution >= 0.6 is 0 Å². The van der Waals surface area contributed by atoms with Gasteiger partial charge in [0.2, 0.25) is 11.8 Å². The lowest BCUT2D eigenvalue weighted by atomic mass is 9.85. The number of aromatic nitrogens is 2. The summed E-state index contributed by atoms with van der Waals surface area (Å²) in [4.78, 5) is 44.8. The van der Waals surface area contributed by atoms with E-state index in [4.69, 9.17) is 0 Å². The Kier molecular flexibility index (Phi) is 5.44. The molecule has 1 aliphatic heterocycles. The average molecular weight is 360 g/mol. The Morgan fingerprint density at radius 3 is 2.73 bits per heavy atom. The highest BCUT2D eigenvalue weighted by atomic mass is 16.2. The Morgan fingerprint density at radius 2 is 2.04 bits per heavy atom. The summed E-state index contributed by atoms with van der Waals surface area (Å²) in [5.41, 5.74) is 1.12. The molecule has 3 rings (SSSR count). The van der Waals surface area contributed by atoms with E-state index in [0.29, 0.717) is 36.7 Å². The standard InChI is InChI=1S/C19H28N4O3/c1-13-6-4-5-7-17(13)21(3)18(25)11-23-12-20-16-10-22(14(2)24)9-8-15(16)19(23)26/h12-13,17H,4-11H2,1-3H3/t13-,17-/m0/s1. The Morgan fingerprint density at radius 1 is 1.31 bits per heavy atom. The molecule has 142 valence electrons. The molecule has 1 aromatic rings. The minimum absolute atomic E-state index is 0.0139. The number of carbonyl (C=O) groups is 2. The molecule has 7 heteroatoms. The van der Waals surface area contributed by atoms with E-state index in [1.165, 1.54) is 24.2 Å². The van der Waals surface area contributed by atoms with Crippen LogP contribution < -0.4 is 5.56 Å². The molecule has 0 radical (unpaired) electrons. The Balaban J connectivity index is 1.73. The average Bonchev–Trinajstić information content (AvgIpc) is 2.63. The maximum Gasteiger partial charge on any atom is 0.257 e. The van der Waals surface area contributed by atoms with E-state index >= 15 is 0 Å². The van der Waals surface area contributed by atoms with Gasteiger partial charge in [-0.15, -0.1) is 0 Å². The zero-order valence-electron chi connectivity index (χ0n) is 15.9. The molecular weight excluding hydrogens is 332 g/mol. The Labute approximate surface area is 154 Å². The van der Waals surface area contributed by atoms with Crippen LogP contribution in [-0.2, 0) is 29.1 Å². The molecule has 1 fully saturated rings. The van der Waals surface area contributed by atoms with Gasteiger partial charge in [0.1, 0.15) is 6.54 Å². The van der Waals surface area contributed by atoms with Crippen molar-refractivity contribution in [1.29, 1.82) is 0 Å². The Hall–Kier alpha value is -2.18. The number of fused-ring (bicyclic) bond motifs is 1. The van der Waals surface area contributed by atoms with E-state index in [9.17, 15) is 14.4 Å². The van der Waals surface area contributed by atoms with Gasteiger partial charge in [-0.2, -0.15) is 0 Å². The molecule has 2 atom stereocenters. The maximum absolute atomic E-state index is 12.7. The normalized spacial score (nSPS) is 22.7. The Bertz CT molecular complexity index is 758. The summed E-state index contributed by atoms with van der Waals surface area (Å²) in [6, 6.07) is 0.252. The molecule has 1 aromatic heterocycles. The lowest BCUT2D eigenvalue weighted by Crippen LogP contribution is -2.45. The summed E-state index contributed by atoms with van der Waals surface area (Å²) >= 11 is 0. The van der Waals surface area contributed by atoms with Crippen LogP contribution in [0.15, 0.2) is 11.1 Å². The lowest BCUT2D eigenvalue weighted by molar-refractivity contribution is -0.134. The largest absolute Gasteiger partial charge is 0.341 e. The van der Waals surface area contributed by atoms with E-state index < -0.39 is 0 Å². The van der Waals surface area contributed by atoms with Crippen LogP contribution in [0.25, 0.3) is 0 Å². The van der Waals surface area contributed by atoms with Gasteiger partial charge in [-0.1, -0.05) is 19.8 Å². The molecule has 0 saturated heterocycles. The molecule has 2 aliphatic rings. The third-order valence-electron chi connectivity index (χ3n) is 5.90. The molecule has 0 aromatic carbocycles. The predicted octanol–water partition coefficient (Wildman–Crippen LogP) is 1.19. The molecule has 2 heterocycles. The van der Waals surface area contributed by atoms with Crippen LogP contribution in [0.1, 0.15) is 50.8 Å². The van der Waals surface area contributed by atoms with Crippen molar-refractivity contribution in [2.75, 3.05) is 13.6 Å². The third kappa shape index (κ3) is 3.66. The van der Waals surface area contributed by atoms with Gasteiger partial charge in [0.15, 0.2) is 0 Å². The van der Waals surface area contributed by atoms with Crippen molar-refractivity contribution in [3.8, 4) is 0 Å². The molecule has 26 heavy (non-hydrogen) atoms. The topological polar surface area (TPSA) is 75.5 Å². The first-order valence-corrected chi connectivity index (χ1v) is 9.47. The van der Waals surface area contributed by atoms with Gasteiger partial charge >= 0.3 is 0 Å². The molecule has 0 spiro atoms. The van der Waals surface area contributed by atoms with Gasteiger partial charge < -0.3 is 9.80 Å². The molecule has 0 bridgehead atoms. The van der Waals surface area contributed by atoms with Crippen molar-refractivity contribution in [2.45, 2.75) is 65.1 Å². The minimum Gasteiger partial charge on any atom is -0.341 e. The predicted molar refractivity (Wildman–Crippen MR) is 97.5 cm³/mol. The van der Waals surface area contributed by atoms with Crippen molar-refractivity contribution in [3.05, 3.63) is 27.9 Å². The van der Waals surface area contributed by atoms with Gasteiger partial charge in [-0.3, -0.25) is 19.0 Å². The fourth-order valence-corrected chi connectivity index (χ4v) is 4.16. The molecular formula is C19H28N4O3.